The molecule has 150 valence electrons. The van der Waals surface area contributed by atoms with Gasteiger partial charge in [0.15, 0.2) is 0 Å². The summed E-state index contributed by atoms with van der Waals surface area (Å²) < 4.78 is 28.2. The average molecular weight is 419 g/mol. The van der Waals surface area contributed by atoms with Crippen LogP contribution in [-0.2, 0) is 23.0 Å². The second-order valence-corrected chi connectivity index (χ2v) is 10.9. The van der Waals surface area contributed by atoms with Gasteiger partial charge in [-0.2, -0.15) is 4.31 Å². The minimum Gasteiger partial charge on any atom is -0.337 e. The van der Waals surface area contributed by atoms with Gasteiger partial charge in [-0.25, -0.2) is 8.42 Å². The van der Waals surface area contributed by atoms with Crippen molar-refractivity contribution in [3.05, 3.63) is 51.7 Å². The first kappa shape index (κ1) is 19.6. The van der Waals surface area contributed by atoms with Crippen molar-refractivity contribution in [3.8, 4) is 0 Å². The minimum atomic E-state index is -3.71. The van der Waals surface area contributed by atoms with E-state index in [0.29, 0.717) is 49.3 Å². The number of sulfonamides is 1. The monoisotopic (exact) mass is 418 g/mol. The molecule has 2 aliphatic rings. The van der Waals surface area contributed by atoms with Crippen molar-refractivity contribution in [3.63, 3.8) is 0 Å². The highest BCUT2D eigenvalue weighted by atomic mass is 32.2. The SMILES string of the molecule is CC1CC(C)CN(C(=O)c2sccc2S(=O)(=O)N2CCc3ccccc3C2)C1. The highest BCUT2D eigenvalue weighted by Gasteiger charge is 2.35. The predicted molar refractivity (Wildman–Crippen MR) is 111 cm³/mol. The van der Waals surface area contributed by atoms with Crippen LogP contribution in [-0.4, -0.2) is 43.2 Å². The minimum absolute atomic E-state index is 0.149. The molecular formula is C21H26N2O3S2. The van der Waals surface area contributed by atoms with Crippen molar-refractivity contribution in [1.82, 2.24) is 9.21 Å². The Morgan fingerprint density at radius 1 is 1.07 bits per heavy atom. The fourth-order valence-corrected chi connectivity index (χ4v) is 7.22. The highest BCUT2D eigenvalue weighted by molar-refractivity contribution is 7.89. The molecule has 1 amide bonds. The predicted octanol–water partition coefficient (Wildman–Crippen LogP) is 3.61. The fraction of sp³-hybridized carbons (Fsp3) is 0.476. The molecule has 0 bridgehead atoms. The van der Waals surface area contributed by atoms with Gasteiger partial charge in [0.25, 0.3) is 5.91 Å². The van der Waals surface area contributed by atoms with E-state index in [1.807, 2.05) is 23.1 Å². The second kappa shape index (κ2) is 7.61. The fourth-order valence-electron chi connectivity index (χ4n) is 4.44. The normalized spacial score (nSPS) is 23.4. The third kappa shape index (κ3) is 3.63. The van der Waals surface area contributed by atoms with E-state index in [9.17, 15) is 13.2 Å². The lowest BCUT2D eigenvalue weighted by Crippen LogP contribution is -2.43. The first-order valence-corrected chi connectivity index (χ1v) is 12.1. The number of fused-ring (bicyclic) bond motifs is 1. The Hall–Kier alpha value is -1.70. The van der Waals surface area contributed by atoms with Crippen molar-refractivity contribution < 1.29 is 13.2 Å². The molecule has 0 N–H and O–H groups in total. The maximum Gasteiger partial charge on any atom is 0.265 e. The van der Waals surface area contributed by atoms with Crippen molar-refractivity contribution in [2.75, 3.05) is 19.6 Å². The Labute approximate surface area is 171 Å². The number of nitrogens with zero attached hydrogens (tertiary/aromatic N) is 2. The van der Waals surface area contributed by atoms with Gasteiger partial charge in [-0.3, -0.25) is 4.79 Å². The van der Waals surface area contributed by atoms with Gasteiger partial charge in [-0.15, -0.1) is 11.3 Å². The van der Waals surface area contributed by atoms with Crippen LogP contribution in [0.2, 0.25) is 0 Å². The van der Waals surface area contributed by atoms with Crippen LogP contribution < -0.4 is 0 Å². The number of benzene rings is 1. The molecule has 1 fully saturated rings. The molecule has 0 spiro atoms. The van der Waals surface area contributed by atoms with Crippen LogP contribution in [0.1, 0.15) is 41.1 Å². The molecule has 1 aromatic heterocycles. The zero-order chi connectivity index (χ0) is 19.9. The lowest BCUT2D eigenvalue weighted by atomic mass is 9.92. The van der Waals surface area contributed by atoms with Gasteiger partial charge >= 0.3 is 0 Å². The zero-order valence-corrected chi connectivity index (χ0v) is 17.9. The van der Waals surface area contributed by atoms with E-state index in [1.165, 1.54) is 21.2 Å². The maximum absolute atomic E-state index is 13.4. The molecule has 0 aliphatic carbocycles. The van der Waals surface area contributed by atoms with E-state index in [2.05, 4.69) is 19.9 Å². The van der Waals surface area contributed by atoms with E-state index in [0.717, 1.165) is 12.0 Å². The van der Waals surface area contributed by atoms with Gasteiger partial charge in [-0.1, -0.05) is 38.1 Å². The molecule has 0 radical (unpaired) electrons. The van der Waals surface area contributed by atoms with Gasteiger partial charge < -0.3 is 4.90 Å². The van der Waals surface area contributed by atoms with Gasteiger partial charge in [0.1, 0.15) is 9.77 Å². The number of piperidine rings is 1. The molecule has 2 atom stereocenters. The van der Waals surface area contributed by atoms with Crippen LogP contribution >= 0.6 is 11.3 Å². The third-order valence-corrected chi connectivity index (χ3v) is 8.61. The van der Waals surface area contributed by atoms with Crippen LogP contribution in [0.4, 0.5) is 0 Å². The molecule has 2 aromatic rings. The molecule has 28 heavy (non-hydrogen) atoms. The lowest BCUT2D eigenvalue weighted by Gasteiger charge is -2.35. The second-order valence-electron chi connectivity index (χ2n) is 8.13. The number of likely N-dealkylation sites (tertiary alicyclic amines) is 1. The Morgan fingerprint density at radius 3 is 2.46 bits per heavy atom. The van der Waals surface area contributed by atoms with Crippen molar-refractivity contribution in [1.29, 1.82) is 0 Å². The quantitative estimate of drug-likeness (QED) is 0.765. The summed E-state index contributed by atoms with van der Waals surface area (Å²) in [5.41, 5.74) is 2.24. The molecular weight excluding hydrogens is 392 g/mol. The van der Waals surface area contributed by atoms with Crippen molar-refractivity contribution in [2.45, 2.75) is 38.1 Å². The number of rotatable bonds is 3. The van der Waals surface area contributed by atoms with Gasteiger partial charge in [0, 0.05) is 26.2 Å². The summed E-state index contributed by atoms with van der Waals surface area (Å²) in [6.07, 6.45) is 1.80. The van der Waals surface area contributed by atoms with Crippen LogP contribution in [0.3, 0.4) is 0 Å². The van der Waals surface area contributed by atoms with Crippen molar-refractivity contribution >= 4 is 27.3 Å². The molecule has 5 nitrogen and oxygen atoms in total. The van der Waals surface area contributed by atoms with Crippen molar-refractivity contribution in [2.24, 2.45) is 11.8 Å². The summed E-state index contributed by atoms with van der Waals surface area (Å²) in [5, 5.41) is 1.72. The van der Waals surface area contributed by atoms with Gasteiger partial charge in [0.2, 0.25) is 10.0 Å². The van der Waals surface area contributed by atoms with Gasteiger partial charge in [-0.05, 0) is 47.3 Å². The number of amides is 1. The maximum atomic E-state index is 13.4. The van der Waals surface area contributed by atoms with E-state index in [4.69, 9.17) is 0 Å². The molecule has 7 heteroatoms. The lowest BCUT2D eigenvalue weighted by molar-refractivity contribution is 0.0624. The Kier molecular flexibility index (Phi) is 5.33. The van der Waals surface area contributed by atoms with Crippen LogP contribution in [0.25, 0.3) is 0 Å². The number of carbonyl (C=O) groups excluding carboxylic acids is 1. The molecule has 2 aliphatic heterocycles. The summed E-state index contributed by atoms with van der Waals surface area (Å²) in [4.78, 5) is 15.5. The number of hydrogen-bond acceptors (Lipinski definition) is 4. The largest absolute Gasteiger partial charge is 0.337 e. The van der Waals surface area contributed by atoms with E-state index in [1.54, 1.807) is 11.4 Å². The van der Waals surface area contributed by atoms with Crippen LogP contribution in [0.5, 0.6) is 0 Å². The van der Waals surface area contributed by atoms with Crippen LogP contribution in [0, 0.1) is 11.8 Å². The third-order valence-electron chi connectivity index (χ3n) is 5.69. The number of thiophene rings is 1. The Bertz CT molecular complexity index is 973. The molecule has 0 saturated carbocycles. The zero-order valence-electron chi connectivity index (χ0n) is 16.3. The highest BCUT2D eigenvalue weighted by Crippen LogP contribution is 2.31. The van der Waals surface area contributed by atoms with E-state index in [-0.39, 0.29) is 10.8 Å². The summed E-state index contributed by atoms with van der Waals surface area (Å²) in [7, 11) is -3.71. The first-order chi connectivity index (χ1) is 13.4. The summed E-state index contributed by atoms with van der Waals surface area (Å²) in [5.74, 6) is 0.724. The summed E-state index contributed by atoms with van der Waals surface area (Å²) >= 11 is 1.23. The number of carbonyl (C=O) groups is 1. The molecule has 2 unspecified atom stereocenters. The Balaban J connectivity index is 1.60. The molecule has 1 aromatic carbocycles. The molecule has 3 heterocycles. The number of hydrogen-bond donors (Lipinski definition) is 0. The topological polar surface area (TPSA) is 57.7 Å². The summed E-state index contributed by atoms with van der Waals surface area (Å²) in [6.45, 7) is 6.48. The average Bonchev–Trinajstić information content (AvgIpc) is 3.17. The Morgan fingerprint density at radius 2 is 1.75 bits per heavy atom. The molecule has 1 saturated heterocycles. The van der Waals surface area contributed by atoms with Crippen LogP contribution in [0.15, 0.2) is 40.6 Å². The molecule has 4 rings (SSSR count). The van der Waals surface area contributed by atoms with E-state index < -0.39 is 10.0 Å². The van der Waals surface area contributed by atoms with E-state index >= 15 is 0 Å². The standard InChI is InChI=1S/C21H26N2O3S2/c1-15-11-16(2)13-22(12-15)21(24)20-19(8-10-27-20)28(25,26)23-9-7-17-5-3-4-6-18(17)14-23/h3-6,8,10,15-16H,7,9,11-14H2,1-2H3. The van der Waals surface area contributed by atoms with Gasteiger partial charge in [0.05, 0.1) is 0 Å². The smallest absolute Gasteiger partial charge is 0.265 e. The summed E-state index contributed by atoms with van der Waals surface area (Å²) in [6, 6.07) is 9.54. The first-order valence-electron chi connectivity index (χ1n) is 9.80.